The van der Waals surface area contributed by atoms with Crippen molar-refractivity contribution in [3.63, 3.8) is 0 Å². The summed E-state index contributed by atoms with van der Waals surface area (Å²) in [6, 6.07) is 0. The fourth-order valence-corrected chi connectivity index (χ4v) is 1.11. The number of hydrogen-bond donors (Lipinski definition) is 1. The van der Waals surface area contributed by atoms with Gasteiger partial charge in [0, 0.05) is 12.7 Å². The van der Waals surface area contributed by atoms with Gasteiger partial charge in [0.1, 0.15) is 6.33 Å². The largest absolute Gasteiger partial charge is 0.285 e. The SMILES string of the molecule is CCn1cc(C(=O)c2ncn[nH]2)cn1. The summed E-state index contributed by atoms with van der Waals surface area (Å²) < 4.78 is 1.68. The molecule has 0 aliphatic carbocycles. The Kier molecular flexibility index (Phi) is 2.10. The molecule has 0 aromatic carbocycles. The molecule has 0 bridgehead atoms. The zero-order valence-electron chi connectivity index (χ0n) is 7.64. The molecule has 2 heterocycles. The molecule has 1 N–H and O–H groups in total. The van der Waals surface area contributed by atoms with Crippen LogP contribution < -0.4 is 0 Å². The summed E-state index contributed by atoms with van der Waals surface area (Å²) in [5.74, 6) is 0.0443. The molecule has 0 saturated carbocycles. The Morgan fingerprint density at radius 1 is 1.64 bits per heavy atom. The van der Waals surface area contributed by atoms with E-state index in [2.05, 4.69) is 20.3 Å². The molecule has 0 unspecified atom stereocenters. The van der Waals surface area contributed by atoms with Gasteiger partial charge in [0.05, 0.1) is 11.8 Å². The van der Waals surface area contributed by atoms with Gasteiger partial charge in [-0.2, -0.15) is 10.2 Å². The number of aromatic nitrogens is 5. The third kappa shape index (κ3) is 1.41. The van der Waals surface area contributed by atoms with Gasteiger partial charge in [-0.1, -0.05) is 0 Å². The number of carbonyl (C=O) groups excluding carboxylic acids is 1. The minimum absolute atomic E-state index is 0.192. The standard InChI is InChI=1S/C8H9N5O/c1-2-13-4-6(3-11-13)7(14)8-9-5-10-12-8/h3-5H,2H2,1H3,(H,9,10,12). The topological polar surface area (TPSA) is 76.5 Å². The second-order valence-corrected chi connectivity index (χ2v) is 2.75. The maximum atomic E-state index is 11.6. The Morgan fingerprint density at radius 2 is 2.50 bits per heavy atom. The number of aromatic amines is 1. The van der Waals surface area contributed by atoms with Crippen LogP contribution >= 0.6 is 0 Å². The molecule has 0 aliphatic heterocycles. The lowest BCUT2D eigenvalue weighted by atomic mass is 10.2. The minimum atomic E-state index is -0.192. The third-order valence-electron chi connectivity index (χ3n) is 1.85. The number of nitrogens with zero attached hydrogens (tertiary/aromatic N) is 4. The first-order valence-electron chi connectivity index (χ1n) is 4.23. The van der Waals surface area contributed by atoms with Crippen LogP contribution in [0.15, 0.2) is 18.7 Å². The summed E-state index contributed by atoms with van der Waals surface area (Å²) in [4.78, 5) is 15.4. The summed E-state index contributed by atoms with van der Waals surface area (Å²) in [5, 5.41) is 10.1. The summed E-state index contributed by atoms with van der Waals surface area (Å²) in [6.07, 6.45) is 4.51. The van der Waals surface area contributed by atoms with Crippen molar-refractivity contribution in [1.82, 2.24) is 25.0 Å². The number of H-pyrrole nitrogens is 1. The van der Waals surface area contributed by atoms with Gasteiger partial charge in [-0.15, -0.1) is 0 Å². The Balaban J connectivity index is 2.28. The van der Waals surface area contributed by atoms with Crippen molar-refractivity contribution >= 4 is 5.78 Å². The first kappa shape index (κ1) is 8.61. The molecule has 6 nitrogen and oxygen atoms in total. The second kappa shape index (κ2) is 3.41. The minimum Gasteiger partial charge on any atom is -0.285 e. The van der Waals surface area contributed by atoms with E-state index in [-0.39, 0.29) is 11.6 Å². The Morgan fingerprint density at radius 3 is 3.07 bits per heavy atom. The molecule has 0 fully saturated rings. The molecule has 2 rings (SSSR count). The molecule has 0 aliphatic rings. The quantitative estimate of drug-likeness (QED) is 0.705. The lowest BCUT2D eigenvalue weighted by Crippen LogP contribution is -2.02. The summed E-state index contributed by atoms with van der Waals surface area (Å²) >= 11 is 0. The molecule has 14 heavy (non-hydrogen) atoms. The second-order valence-electron chi connectivity index (χ2n) is 2.75. The van der Waals surface area contributed by atoms with Crippen molar-refractivity contribution in [1.29, 1.82) is 0 Å². The normalized spacial score (nSPS) is 10.4. The van der Waals surface area contributed by atoms with E-state index in [1.807, 2.05) is 6.92 Å². The Bertz CT molecular complexity index is 430. The number of carbonyl (C=O) groups is 1. The number of rotatable bonds is 3. The highest BCUT2D eigenvalue weighted by Gasteiger charge is 2.13. The van der Waals surface area contributed by atoms with Gasteiger partial charge in [0.15, 0.2) is 5.82 Å². The van der Waals surface area contributed by atoms with Crippen LogP contribution in [-0.2, 0) is 6.54 Å². The van der Waals surface area contributed by atoms with E-state index in [9.17, 15) is 4.79 Å². The predicted molar refractivity (Wildman–Crippen MR) is 47.7 cm³/mol. The highest BCUT2D eigenvalue weighted by molar-refractivity contribution is 6.05. The van der Waals surface area contributed by atoms with Gasteiger partial charge >= 0.3 is 0 Å². The maximum absolute atomic E-state index is 11.6. The average molecular weight is 191 g/mol. The van der Waals surface area contributed by atoms with Gasteiger partial charge in [-0.3, -0.25) is 14.6 Å². The zero-order chi connectivity index (χ0) is 9.97. The Hall–Kier alpha value is -1.98. The molecule has 0 atom stereocenters. The molecule has 72 valence electrons. The predicted octanol–water partition coefficient (Wildman–Crippen LogP) is 0.252. The molecule has 0 amide bonds. The fourth-order valence-electron chi connectivity index (χ4n) is 1.11. The molecule has 2 aromatic heterocycles. The van der Waals surface area contributed by atoms with Gasteiger partial charge in [-0.25, -0.2) is 4.98 Å². The maximum Gasteiger partial charge on any atom is 0.232 e. The first-order valence-corrected chi connectivity index (χ1v) is 4.23. The summed E-state index contributed by atoms with van der Waals surface area (Å²) in [6.45, 7) is 2.69. The molecule has 0 saturated heterocycles. The first-order chi connectivity index (χ1) is 6.81. The zero-order valence-corrected chi connectivity index (χ0v) is 7.64. The van der Waals surface area contributed by atoms with Crippen LogP contribution in [0.3, 0.4) is 0 Å². The van der Waals surface area contributed by atoms with Crippen LogP contribution in [0.1, 0.15) is 23.1 Å². The highest BCUT2D eigenvalue weighted by atomic mass is 16.1. The van der Waals surface area contributed by atoms with E-state index in [4.69, 9.17) is 0 Å². The van der Waals surface area contributed by atoms with Crippen LogP contribution in [0.4, 0.5) is 0 Å². The summed E-state index contributed by atoms with van der Waals surface area (Å²) in [7, 11) is 0. The van der Waals surface area contributed by atoms with Crippen molar-refractivity contribution in [3.05, 3.63) is 30.1 Å². The number of ketones is 1. The molecular weight excluding hydrogens is 182 g/mol. The van der Waals surface area contributed by atoms with Crippen LogP contribution in [0.5, 0.6) is 0 Å². The van der Waals surface area contributed by atoms with E-state index in [0.717, 1.165) is 6.54 Å². The van der Waals surface area contributed by atoms with Crippen LogP contribution in [-0.4, -0.2) is 30.7 Å². The van der Waals surface area contributed by atoms with Crippen LogP contribution in [0.2, 0.25) is 0 Å². The van der Waals surface area contributed by atoms with Crippen LogP contribution in [0, 0.1) is 0 Å². The average Bonchev–Trinajstić information content (AvgIpc) is 2.88. The lowest BCUT2D eigenvalue weighted by Gasteiger charge is -1.91. The monoisotopic (exact) mass is 191 g/mol. The number of nitrogens with one attached hydrogen (secondary N) is 1. The van der Waals surface area contributed by atoms with Crippen molar-refractivity contribution in [2.75, 3.05) is 0 Å². The van der Waals surface area contributed by atoms with Crippen LogP contribution in [0.25, 0.3) is 0 Å². The van der Waals surface area contributed by atoms with E-state index >= 15 is 0 Å². The van der Waals surface area contributed by atoms with Gasteiger partial charge in [0.25, 0.3) is 0 Å². The smallest absolute Gasteiger partial charge is 0.232 e. The highest BCUT2D eigenvalue weighted by Crippen LogP contribution is 2.03. The molecule has 0 radical (unpaired) electrons. The molecule has 6 heteroatoms. The number of hydrogen-bond acceptors (Lipinski definition) is 4. The fraction of sp³-hybridized carbons (Fsp3) is 0.250. The lowest BCUT2D eigenvalue weighted by molar-refractivity contribution is 0.102. The van der Waals surface area contributed by atoms with Gasteiger partial charge in [-0.05, 0) is 6.92 Å². The Labute approximate surface area is 80.0 Å². The number of aryl methyl sites for hydroxylation is 1. The summed E-state index contributed by atoms with van der Waals surface area (Å²) in [5.41, 5.74) is 0.517. The van der Waals surface area contributed by atoms with E-state index < -0.39 is 0 Å². The van der Waals surface area contributed by atoms with Crippen molar-refractivity contribution < 1.29 is 4.79 Å². The van der Waals surface area contributed by atoms with Gasteiger partial charge < -0.3 is 0 Å². The van der Waals surface area contributed by atoms with E-state index in [1.54, 1.807) is 10.9 Å². The van der Waals surface area contributed by atoms with E-state index in [0.29, 0.717) is 5.56 Å². The molecule has 2 aromatic rings. The third-order valence-corrected chi connectivity index (χ3v) is 1.85. The molecular formula is C8H9N5O. The van der Waals surface area contributed by atoms with E-state index in [1.165, 1.54) is 12.5 Å². The van der Waals surface area contributed by atoms with Crippen molar-refractivity contribution in [2.45, 2.75) is 13.5 Å². The molecule has 0 spiro atoms. The van der Waals surface area contributed by atoms with Gasteiger partial charge in [0.2, 0.25) is 5.78 Å². The van der Waals surface area contributed by atoms with Crippen molar-refractivity contribution in [2.24, 2.45) is 0 Å². The van der Waals surface area contributed by atoms with Crippen molar-refractivity contribution in [3.8, 4) is 0 Å².